The molecule has 0 aromatic heterocycles. The van der Waals surface area contributed by atoms with E-state index in [0.29, 0.717) is 19.6 Å². The Labute approximate surface area is 242 Å². The summed E-state index contributed by atoms with van der Waals surface area (Å²) in [5.41, 5.74) is 1.03. The molecule has 4 fully saturated rings. The van der Waals surface area contributed by atoms with Crippen LogP contribution in [0.4, 0.5) is 0 Å². The molecular formula is C32H43N3O4S. The molecule has 40 heavy (non-hydrogen) atoms. The normalized spacial score (nSPS) is 30.1. The maximum atomic E-state index is 14.6. The number of aliphatic hydroxyl groups excluding tert-OH is 1. The van der Waals surface area contributed by atoms with Crippen molar-refractivity contribution in [2.75, 3.05) is 19.7 Å². The molecule has 0 radical (unpaired) electrons. The monoisotopic (exact) mass is 565 g/mol. The summed E-state index contributed by atoms with van der Waals surface area (Å²) in [7, 11) is 0. The average Bonchev–Trinajstić information content (AvgIpc) is 3.63. The zero-order valence-electron chi connectivity index (χ0n) is 23.6. The minimum Gasteiger partial charge on any atom is -0.394 e. The van der Waals surface area contributed by atoms with Crippen molar-refractivity contribution in [3.63, 3.8) is 0 Å². The van der Waals surface area contributed by atoms with Gasteiger partial charge in [-0.3, -0.25) is 14.4 Å². The van der Waals surface area contributed by atoms with Gasteiger partial charge in [0.2, 0.25) is 17.7 Å². The number of hydrogen-bond donors (Lipinski definition) is 1. The van der Waals surface area contributed by atoms with Crippen LogP contribution in [-0.2, 0) is 20.9 Å². The molecule has 6 atom stereocenters. The number of amides is 3. The van der Waals surface area contributed by atoms with Crippen molar-refractivity contribution in [3.8, 4) is 0 Å². The first-order valence-corrected chi connectivity index (χ1v) is 15.7. The number of benzene rings is 1. The number of hydrogen-bond acceptors (Lipinski definition) is 5. The van der Waals surface area contributed by atoms with Gasteiger partial charge < -0.3 is 19.8 Å². The summed E-state index contributed by atoms with van der Waals surface area (Å²) in [6.07, 6.45) is 10.3. The van der Waals surface area contributed by atoms with E-state index in [1.54, 1.807) is 33.7 Å². The predicted molar refractivity (Wildman–Crippen MR) is 158 cm³/mol. The highest BCUT2D eigenvalue weighted by molar-refractivity contribution is 8.02. The Morgan fingerprint density at radius 2 is 1.80 bits per heavy atom. The van der Waals surface area contributed by atoms with E-state index >= 15 is 0 Å². The molecule has 2 unspecified atom stereocenters. The molecule has 2 bridgehead atoms. The number of carbonyl (C=O) groups is 3. The Balaban J connectivity index is 1.50. The van der Waals surface area contributed by atoms with Crippen LogP contribution in [0.15, 0.2) is 55.6 Å². The lowest BCUT2D eigenvalue weighted by molar-refractivity contribution is -0.147. The molecule has 1 spiro atoms. The fraction of sp³-hybridized carbons (Fsp3) is 0.594. The third-order valence-electron chi connectivity index (χ3n) is 9.50. The second-order valence-corrected chi connectivity index (χ2v) is 13.5. The van der Waals surface area contributed by atoms with Crippen LogP contribution >= 0.6 is 11.8 Å². The maximum absolute atomic E-state index is 14.6. The molecule has 7 nitrogen and oxygen atoms in total. The Bertz CT molecular complexity index is 1120. The minimum absolute atomic E-state index is 0.00560. The molecule has 216 valence electrons. The zero-order chi connectivity index (χ0) is 28.4. The Hall–Kier alpha value is -2.58. The largest absolute Gasteiger partial charge is 0.394 e. The zero-order valence-corrected chi connectivity index (χ0v) is 24.4. The number of likely N-dealkylation sites (tertiary alicyclic amines) is 1. The Morgan fingerprint density at radius 3 is 2.45 bits per heavy atom. The second-order valence-electron chi connectivity index (χ2n) is 11.9. The van der Waals surface area contributed by atoms with Gasteiger partial charge in [0.1, 0.15) is 6.04 Å². The lowest BCUT2D eigenvalue weighted by Gasteiger charge is -2.42. The van der Waals surface area contributed by atoms with Crippen LogP contribution in [0.2, 0.25) is 0 Å². The van der Waals surface area contributed by atoms with Gasteiger partial charge in [-0.05, 0) is 38.2 Å². The summed E-state index contributed by atoms with van der Waals surface area (Å²) in [6.45, 7) is 10.7. The highest BCUT2D eigenvalue weighted by Crippen LogP contribution is 2.67. The van der Waals surface area contributed by atoms with E-state index in [0.717, 1.165) is 44.1 Å². The molecule has 3 amide bonds. The lowest BCUT2D eigenvalue weighted by atomic mass is 9.70. The number of aliphatic hydroxyl groups is 1. The van der Waals surface area contributed by atoms with Crippen molar-refractivity contribution < 1.29 is 19.5 Å². The second kappa shape index (κ2) is 12.1. The summed E-state index contributed by atoms with van der Waals surface area (Å²) >= 11 is 1.69. The summed E-state index contributed by atoms with van der Waals surface area (Å²) in [6, 6.07) is 8.80. The maximum Gasteiger partial charge on any atom is 0.247 e. The standard InChI is InChI=1S/C32H43N3O4S/c1-4-18-33(20-23-12-8-6-9-13-23)29(37)26-25-16-17-32(40-25)27(26)30(38)35(22(3)21-36)28(32)31(39)34(19-5-2)24-14-10-7-11-15-24/h4-6,8-9,12-13,22,24-28,36H,1-2,7,10-11,14-21H2,3H3/t22-,25-,26+,27+,28?,32?/m1/s1. The van der Waals surface area contributed by atoms with Gasteiger partial charge in [0.05, 0.1) is 29.2 Å². The van der Waals surface area contributed by atoms with Gasteiger partial charge >= 0.3 is 0 Å². The Morgan fingerprint density at radius 1 is 1.10 bits per heavy atom. The molecular weight excluding hydrogens is 522 g/mol. The van der Waals surface area contributed by atoms with E-state index in [4.69, 9.17) is 0 Å². The topological polar surface area (TPSA) is 81.2 Å². The first-order valence-electron chi connectivity index (χ1n) is 14.8. The van der Waals surface area contributed by atoms with Crippen LogP contribution in [0.1, 0.15) is 57.4 Å². The molecule has 8 heteroatoms. The van der Waals surface area contributed by atoms with Crippen LogP contribution in [0.25, 0.3) is 0 Å². The van der Waals surface area contributed by atoms with Gasteiger partial charge in [0.25, 0.3) is 0 Å². The van der Waals surface area contributed by atoms with E-state index in [-0.39, 0.29) is 35.6 Å². The molecule has 3 heterocycles. The van der Waals surface area contributed by atoms with Crippen LogP contribution in [0.5, 0.6) is 0 Å². The summed E-state index contributed by atoms with van der Waals surface area (Å²) in [5.74, 6) is -1.32. The fourth-order valence-corrected chi connectivity index (χ4v) is 9.92. The van der Waals surface area contributed by atoms with Gasteiger partial charge in [-0.25, -0.2) is 0 Å². The van der Waals surface area contributed by atoms with Crippen LogP contribution in [0, 0.1) is 11.8 Å². The number of nitrogens with zero attached hydrogens (tertiary/aromatic N) is 3. The first kappa shape index (κ1) is 28.9. The van der Waals surface area contributed by atoms with E-state index in [9.17, 15) is 19.5 Å². The first-order chi connectivity index (χ1) is 19.4. The predicted octanol–water partition coefficient (Wildman–Crippen LogP) is 4.02. The third-order valence-corrected chi connectivity index (χ3v) is 11.4. The molecule has 1 saturated carbocycles. The summed E-state index contributed by atoms with van der Waals surface area (Å²) in [5, 5.41) is 10.2. The molecule has 1 aromatic rings. The molecule has 1 aliphatic carbocycles. The molecule has 5 rings (SSSR count). The summed E-state index contributed by atoms with van der Waals surface area (Å²) < 4.78 is -0.663. The third kappa shape index (κ3) is 4.91. The van der Waals surface area contributed by atoms with Crippen molar-refractivity contribution in [3.05, 3.63) is 61.2 Å². The van der Waals surface area contributed by atoms with Crippen LogP contribution < -0.4 is 0 Å². The average molecular weight is 566 g/mol. The van der Waals surface area contributed by atoms with Gasteiger partial charge in [0, 0.05) is 30.9 Å². The Kier molecular flexibility index (Phi) is 8.76. The smallest absolute Gasteiger partial charge is 0.247 e. The number of thioether (sulfide) groups is 1. The molecule has 4 aliphatic rings. The van der Waals surface area contributed by atoms with E-state index < -0.39 is 28.7 Å². The molecule has 1 aromatic carbocycles. The fourth-order valence-electron chi connectivity index (χ4n) is 7.72. The number of rotatable bonds is 11. The van der Waals surface area contributed by atoms with E-state index in [1.165, 1.54) is 6.42 Å². The van der Waals surface area contributed by atoms with Crippen molar-refractivity contribution in [1.29, 1.82) is 0 Å². The van der Waals surface area contributed by atoms with Gasteiger partial charge in [-0.1, -0.05) is 61.7 Å². The SMILES string of the molecule is C=CCN(Cc1ccccc1)C(=O)[C@@H]1[C@H]2C(=O)N([C@H](C)CO)C(C(=O)N(CC=C)C3CCCCC3)C23CC[C@H]1S3. The van der Waals surface area contributed by atoms with Crippen LogP contribution in [0.3, 0.4) is 0 Å². The molecule has 3 saturated heterocycles. The quantitative estimate of drug-likeness (QED) is 0.410. The van der Waals surface area contributed by atoms with Crippen molar-refractivity contribution in [2.45, 2.75) is 86.5 Å². The summed E-state index contributed by atoms with van der Waals surface area (Å²) in [4.78, 5) is 48.5. The van der Waals surface area contributed by atoms with Crippen molar-refractivity contribution in [2.24, 2.45) is 11.8 Å². The van der Waals surface area contributed by atoms with E-state index in [2.05, 4.69) is 13.2 Å². The molecule has 3 aliphatic heterocycles. The van der Waals surface area contributed by atoms with Gasteiger partial charge in [-0.15, -0.1) is 24.9 Å². The van der Waals surface area contributed by atoms with Gasteiger partial charge in [0.15, 0.2) is 0 Å². The number of fused-ring (bicyclic) bond motifs is 1. The van der Waals surface area contributed by atoms with Crippen LogP contribution in [-0.4, -0.2) is 85.3 Å². The lowest BCUT2D eigenvalue weighted by Crippen LogP contribution is -2.59. The van der Waals surface area contributed by atoms with Crippen molar-refractivity contribution >= 4 is 29.5 Å². The molecule has 1 N–H and O–H groups in total. The van der Waals surface area contributed by atoms with E-state index in [1.807, 2.05) is 42.2 Å². The number of carbonyl (C=O) groups excluding carboxylic acids is 3. The van der Waals surface area contributed by atoms with Gasteiger partial charge in [-0.2, -0.15) is 0 Å². The minimum atomic E-state index is -0.691. The van der Waals surface area contributed by atoms with Crippen molar-refractivity contribution in [1.82, 2.24) is 14.7 Å². The highest BCUT2D eigenvalue weighted by Gasteiger charge is 2.74. The highest BCUT2D eigenvalue weighted by atomic mass is 32.2.